The monoisotopic (exact) mass is 259 g/mol. The highest BCUT2D eigenvalue weighted by Crippen LogP contribution is 2.19. The second kappa shape index (κ2) is 6.23. The fraction of sp³-hybridized carbons (Fsp3) is 0.250. The van der Waals surface area contributed by atoms with E-state index in [4.69, 9.17) is 4.74 Å². The minimum absolute atomic E-state index is 0.279. The van der Waals surface area contributed by atoms with Crippen LogP contribution in [0.25, 0.3) is 0 Å². The van der Waals surface area contributed by atoms with Crippen LogP contribution < -0.4 is 10.1 Å². The van der Waals surface area contributed by atoms with Crippen LogP contribution in [-0.4, -0.2) is 13.2 Å². The smallest absolute Gasteiger partial charge is 0.167 e. The molecule has 19 heavy (non-hydrogen) atoms. The summed E-state index contributed by atoms with van der Waals surface area (Å²) in [5.41, 5.74) is 2.87. The molecule has 2 aromatic rings. The van der Waals surface area contributed by atoms with Crippen molar-refractivity contribution in [1.82, 2.24) is 0 Å². The predicted molar refractivity (Wildman–Crippen MR) is 76.3 cm³/mol. The number of hydrogen-bond acceptors (Lipinski definition) is 2. The molecule has 0 aliphatic heterocycles. The van der Waals surface area contributed by atoms with Gasteiger partial charge in [0.2, 0.25) is 0 Å². The number of ether oxygens (including phenoxy) is 1. The van der Waals surface area contributed by atoms with Gasteiger partial charge in [0.05, 0.1) is 0 Å². The normalized spacial score (nSPS) is 10.3. The summed E-state index contributed by atoms with van der Waals surface area (Å²) >= 11 is 0. The van der Waals surface area contributed by atoms with Crippen LogP contribution in [0.15, 0.2) is 42.5 Å². The Hall–Kier alpha value is -2.03. The Morgan fingerprint density at radius 1 is 1.00 bits per heavy atom. The van der Waals surface area contributed by atoms with Crippen LogP contribution >= 0.6 is 0 Å². The maximum absolute atomic E-state index is 13.7. The van der Waals surface area contributed by atoms with Crippen LogP contribution in [-0.2, 0) is 0 Å². The van der Waals surface area contributed by atoms with Crippen LogP contribution in [0.4, 0.5) is 10.1 Å². The van der Waals surface area contributed by atoms with Gasteiger partial charge in [0.15, 0.2) is 11.6 Å². The largest absolute Gasteiger partial charge is 0.489 e. The second-order valence-corrected chi connectivity index (χ2v) is 4.48. The molecular weight excluding hydrogens is 241 g/mol. The lowest BCUT2D eigenvalue weighted by Crippen LogP contribution is -2.12. The molecular formula is C16H18FNO. The molecule has 2 nitrogen and oxygen atoms in total. The van der Waals surface area contributed by atoms with Crippen molar-refractivity contribution in [1.29, 1.82) is 0 Å². The van der Waals surface area contributed by atoms with E-state index in [1.54, 1.807) is 25.1 Å². The first-order valence-electron chi connectivity index (χ1n) is 6.36. The van der Waals surface area contributed by atoms with Gasteiger partial charge in [-0.1, -0.05) is 30.3 Å². The molecule has 0 heterocycles. The van der Waals surface area contributed by atoms with Crippen molar-refractivity contribution in [2.24, 2.45) is 0 Å². The van der Waals surface area contributed by atoms with Gasteiger partial charge in [-0.15, -0.1) is 0 Å². The van der Waals surface area contributed by atoms with E-state index in [2.05, 4.69) is 5.32 Å². The maximum Gasteiger partial charge on any atom is 0.167 e. The molecule has 3 heteroatoms. The Morgan fingerprint density at radius 3 is 2.53 bits per heavy atom. The summed E-state index contributed by atoms with van der Waals surface area (Å²) in [5.74, 6) is 0.0324. The third-order valence-corrected chi connectivity index (χ3v) is 2.98. The van der Waals surface area contributed by atoms with Gasteiger partial charge in [0.1, 0.15) is 6.61 Å². The van der Waals surface area contributed by atoms with Gasteiger partial charge < -0.3 is 10.1 Å². The highest BCUT2D eigenvalue weighted by molar-refractivity contribution is 5.50. The number of hydrogen-bond donors (Lipinski definition) is 1. The lowest BCUT2D eigenvalue weighted by atomic mass is 10.2. The average molecular weight is 259 g/mol. The number of benzene rings is 2. The summed E-state index contributed by atoms with van der Waals surface area (Å²) in [6, 6.07) is 13.2. The van der Waals surface area contributed by atoms with E-state index < -0.39 is 0 Å². The standard InChI is InChI=1S/C16H18FNO/c1-12-6-3-4-8-14(12)18-10-11-19-15-9-5-7-13(2)16(15)17/h3-9,18H,10-11H2,1-2H3. The third-order valence-electron chi connectivity index (χ3n) is 2.98. The van der Waals surface area contributed by atoms with Crippen LogP contribution in [0.5, 0.6) is 5.75 Å². The molecule has 0 atom stereocenters. The van der Waals surface area contributed by atoms with E-state index in [9.17, 15) is 4.39 Å². The summed E-state index contributed by atoms with van der Waals surface area (Å²) in [4.78, 5) is 0. The van der Waals surface area contributed by atoms with Crippen LogP contribution in [0, 0.1) is 19.7 Å². The Bertz CT molecular complexity index is 554. The van der Waals surface area contributed by atoms with Gasteiger partial charge >= 0.3 is 0 Å². The van der Waals surface area contributed by atoms with Crippen molar-refractivity contribution < 1.29 is 9.13 Å². The van der Waals surface area contributed by atoms with Crippen molar-refractivity contribution >= 4 is 5.69 Å². The Kier molecular flexibility index (Phi) is 4.39. The number of para-hydroxylation sites is 1. The zero-order chi connectivity index (χ0) is 13.7. The number of anilines is 1. The van der Waals surface area contributed by atoms with Crippen molar-refractivity contribution in [3.8, 4) is 5.75 Å². The average Bonchev–Trinajstić information content (AvgIpc) is 2.41. The first-order chi connectivity index (χ1) is 9.18. The lowest BCUT2D eigenvalue weighted by molar-refractivity contribution is 0.314. The molecule has 0 aliphatic carbocycles. The quantitative estimate of drug-likeness (QED) is 0.821. The van der Waals surface area contributed by atoms with Gasteiger partial charge in [-0.3, -0.25) is 0 Å². The Morgan fingerprint density at radius 2 is 1.74 bits per heavy atom. The second-order valence-electron chi connectivity index (χ2n) is 4.48. The Balaban J connectivity index is 1.84. The summed E-state index contributed by atoms with van der Waals surface area (Å²) in [6.45, 7) is 4.84. The molecule has 0 amide bonds. The zero-order valence-corrected chi connectivity index (χ0v) is 11.2. The van der Waals surface area contributed by atoms with Gasteiger partial charge in [-0.25, -0.2) is 4.39 Å². The summed E-state index contributed by atoms with van der Waals surface area (Å²) < 4.78 is 19.1. The first-order valence-corrected chi connectivity index (χ1v) is 6.36. The number of aryl methyl sites for hydroxylation is 2. The number of nitrogens with one attached hydrogen (secondary N) is 1. The van der Waals surface area contributed by atoms with Crippen molar-refractivity contribution in [3.63, 3.8) is 0 Å². The zero-order valence-electron chi connectivity index (χ0n) is 11.2. The summed E-state index contributed by atoms with van der Waals surface area (Å²) in [5, 5.41) is 3.27. The minimum Gasteiger partial charge on any atom is -0.489 e. The molecule has 0 saturated carbocycles. The molecule has 0 bridgehead atoms. The SMILES string of the molecule is Cc1ccccc1NCCOc1cccc(C)c1F. The third kappa shape index (κ3) is 3.47. The van der Waals surface area contributed by atoms with Crippen molar-refractivity contribution in [2.75, 3.05) is 18.5 Å². The highest BCUT2D eigenvalue weighted by atomic mass is 19.1. The van der Waals surface area contributed by atoms with Crippen molar-refractivity contribution in [2.45, 2.75) is 13.8 Å². The molecule has 0 unspecified atom stereocenters. The summed E-state index contributed by atoms with van der Waals surface area (Å²) in [6.07, 6.45) is 0. The van der Waals surface area contributed by atoms with Gasteiger partial charge in [0.25, 0.3) is 0 Å². The van der Waals surface area contributed by atoms with Gasteiger partial charge in [-0.05, 0) is 37.1 Å². The minimum atomic E-state index is -0.279. The van der Waals surface area contributed by atoms with Crippen LogP contribution in [0.1, 0.15) is 11.1 Å². The fourth-order valence-corrected chi connectivity index (χ4v) is 1.85. The number of rotatable bonds is 5. The van der Waals surface area contributed by atoms with Crippen molar-refractivity contribution in [3.05, 3.63) is 59.4 Å². The van der Waals surface area contributed by atoms with E-state index in [0.717, 1.165) is 5.69 Å². The van der Waals surface area contributed by atoms with E-state index in [1.807, 2.05) is 31.2 Å². The topological polar surface area (TPSA) is 21.3 Å². The molecule has 1 N–H and O–H groups in total. The number of halogens is 1. The van der Waals surface area contributed by atoms with Crippen LogP contribution in [0.2, 0.25) is 0 Å². The molecule has 0 saturated heterocycles. The molecule has 0 fully saturated rings. The van der Waals surface area contributed by atoms with E-state index in [0.29, 0.717) is 24.5 Å². The Labute approximate surface area is 113 Å². The van der Waals surface area contributed by atoms with Gasteiger partial charge in [0, 0.05) is 12.2 Å². The lowest BCUT2D eigenvalue weighted by Gasteiger charge is -2.11. The highest BCUT2D eigenvalue weighted by Gasteiger charge is 2.05. The molecule has 2 aromatic carbocycles. The van der Waals surface area contributed by atoms with E-state index in [-0.39, 0.29) is 5.82 Å². The van der Waals surface area contributed by atoms with Gasteiger partial charge in [-0.2, -0.15) is 0 Å². The molecule has 0 aliphatic rings. The van der Waals surface area contributed by atoms with E-state index >= 15 is 0 Å². The van der Waals surface area contributed by atoms with E-state index in [1.165, 1.54) is 5.56 Å². The first kappa shape index (κ1) is 13.4. The maximum atomic E-state index is 13.7. The fourth-order valence-electron chi connectivity index (χ4n) is 1.85. The summed E-state index contributed by atoms with van der Waals surface area (Å²) in [7, 11) is 0. The van der Waals surface area contributed by atoms with Crippen LogP contribution in [0.3, 0.4) is 0 Å². The predicted octanol–water partition coefficient (Wildman–Crippen LogP) is 3.93. The molecule has 0 radical (unpaired) electrons. The molecule has 100 valence electrons. The molecule has 0 spiro atoms. The molecule has 2 rings (SSSR count). The molecule has 0 aromatic heterocycles.